The topological polar surface area (TPSA) is 37.3 Å². The zero-order chi connectivity index (χ0) is 8.69. The van der Waals surface area contributed by atoms with Gasteiger partial charge in [-0.25, -0.2) is 0 Å². The third-order valence-corrected chi connectivity index (χ3v) is 1.58. The highest BCUT2D eigenvalue weighted by molar-refractivity contribution is 5.66. The summed E-state index contributed by atoms with van der Waals surface area (Å²) in [5.74, 6) is -0.401. The van der Waals surface area contributed by atoms with Gasteiger partial charge in [0.15, 0.2) is 0 Å². The van der Waals surface area contributed by atoms with Gasteiger partial charge in [-0.1, -0.05) is 19.1 Å². The minimum absolute atomic E-state index is 0.289. The van der Waals surface area contributed by atoms with E-state index in [1.165, 1.54) is 0 Å². The van der Waals surface area contributed by atoms with Crippen LogP contribution in [0, 0.1) is 5.92 Å². The van der Waals surface area contributed by atoms with Crippen molar-refractivity contribution in [3.8, 4) is 0 Å². The largest absolute Gasteiger partial charge is 0.481 e. The summed E-state index contributed by atoms with van der Waals surface area (Å²) in [4.78, 5) is 10.2. The Kier molecular flexibility index (Phi) is 5.53. The van der Waals surface area contributed by atoms with Gasteiger partial charge in [0.05, 0.1) is 0 Å². The number of allylic oxidation sites excluding steroid dienone is 2. The molecule has 0 bridgehead atoms. The van der Waals surface area contributed by atoms with E-state index in [0.717, 1.165) is 12.8 Å². The van der Waals surface area contributed by atoms with Crippen molar-refractivity contribution in [2.24, 2.45) is 5.92 Å². The van der Waals surface area contributed by atoms with Crippen molar-refractivity contribution in [2.45, 2.75) is 33.1 Å². The Hall–Kier alpha value is -0.790. The molecule has 0 saturated carbocycles. The summed E-state index contributed by atoms with van der Waals surface area (Å²) in [6.07, 6.45) is 6.31. The number of aliphatic carboxylic acids is 1. The molecular formula is C9H16O2. The highest BCUT2D eigenvalue weighted by Gasteiger charge is 2.05. The molecule has 1 atom stereocenters. The Morgan fingerprint density at radius 1 is 1.64 bits per heavy atom. The van der Waals surface area contributed by atoms with Crippen molar-refractivity contribution in [1.82, 2.24) is 0 Å². The van der Waals surface area contributed by atoms with Gasteiger partial charge in [0.2, 0.25) is 0 Å². The van der Waals surface area contributed by atoms with E-state index in [1.807, 2.05) is 19.9 Å². The monoisotopic (exact) mass is 156 g/mol. The minimum Gasteiger partial charge on any atom is -0.481 e. The maximum Gasteiger partial charge on any atom is 0.303 e. The Bertz CT molecular complexity index is 138. The molecule has 0 aromatic rings. The Morgan fingerprint density at radius 2 is 2.27 bits per heavy atom. The highest BCUT2D eigenvalue weighted by atomic mass is 16.4. The Morgan fingerprint density at radius 3 is 2.73 bits per heavy atom. The van der Waals surface area contributed by atoms with Crippen LogP contribution >= 0.6 is 0 Å². The standard InChI is InChI=1S/C9H16O2/c1-3-4-5-6-8(2)7-9(10)11/h3-4,8H,5-7H2,1-2H3,(H,10,11)/b4-3-/t8-/m0/s1. The normalized spacial score (nSPS) is 13.6. The molecule has 2 heteroatoms. The predicted octanol–water partition coefficient (Wildman–Crippen LogP) is 2.45. The van der Waals surface area contributed by atoms with Crippen molar-refractivity contribution in [3.05, 3.63) is 12.2 Å². The lowest BCUT2D eigenvalue weighted by atomic mass is 10.0. The van der Waals surface area contributed by atoms with E-state index >= 15 is 0 Å². The Labute approximate surface area is 67.9 Å². The van der Waals surface area contributed by atoms with Crippen LogP contribution in [-0.4, -0.2) is 11.1 Å². The van der Waals surface area contributed by atoms with Gasteiger partial charge in [-0.3, -0.25) is 4.79 Å². The average Bonchev–Trinajstić information content (AvgIpc) is 1.86. The summed E-state index contributed by atoms with van der Waals surface area (Å²) >= 11 is 0. The van der Waals surface area contributed by atoms with E-state index in [4.69, 9.17) is 5.11 Å². The van der Waals surface area contributed by atoms with Crippen LogP contribution in [-0.2, 0) is 4.79 Å². The van der Waals surface area contributed by atoms with Gasteiger partial charge in [0.25, 0.3) is 0 Å². The van der Waals surface area contributed by atoms with Crippen LogP contribution in [0.25, 0.3) is 0 Å². The predicted molar refractivity (Wildman–Crippen MR) is 45.5 cm³/mol. The smallest absolute Gasteiger partial charge is 0.303 e. The molecule has 0 saturated heterocycles. The van der Waals surface area contributed by atoms with E-state index in [9.17, 15) is 4.79 Å². The molecular weight excluding hydrogens is 140 g/mol. The van der Waals surface area contributed by atoms with Crippen molar-refractivity contribution in [2.75, 3.05) is 0 Å². The van der Waals surface area contributed by atoms with Crippen molar-refractivity contribution in [1.29, 1.82) is 0 Å². The molecule has 0 radical (unpaired) electrons. The maximum atomic E-state index is 10.2. The van der Waals surface area contributed by atoms with Gasteiger partial charge in [-0.15, -0.1) is 0 Å². The first kappa shape index (κ1) is 10.2. The van der Waals surface area contributed by atoms with Gasteiger partial charge in [-0.05, 0) is 25.7 Å². The lowest BCUT2D eigenvalue weighted by Crippen LogP contribution is -2.03. The SMILES string of the molecule is C/C=C\CC[C@H](C)CC(=O)O. The molecule has 0 aliphatic heterocycles. The first-order chi connectivity index (χ1) is 5.16. The molecule has 0 rings (SSSR count). The summed E-state index contributed by atoms with van der Waals surface area (Å²) in [6, 6.07) is 0. The lowest BCUT2D eigenvalue weighted by Gasteiger charge is -2.04. The van der Waals surface area contributed by atoms with Crippen LogP contribution in [0.1, 0.15) is 33.1 Å². The van der Waals surface area contributed by atoms with Gasteiger partial charge in [0.1, 0.15) is 0 Å². The molecule has 1 N–H and O–H groups in total. The molecule has 2 nitrogen and oxygen atoms in total. The third-order valence-electron chi connectivity index (χ3n) is 1.58. The van der Waals surface area contributed by atoms with Crippen LogP contribution in [0.15, 0.2) is 12.2 Å². The molecule has 0 amide bonds. The second kappa shape index (κ2) is 5.96. The number of rotatable bonds is 5. The van der Waals surface area contributed by atoms with E-state index < -0.39 is 5.97 Å². The fourth-order valence-electron chi connectivity index (χ4n) is 0.948. The molecule has 0 aromatic heterocycles. The molecule has 0 fully saturated rings. The molecule has 0 unspecified atom stereocenters. The summed E-state index contributed by atoms with van der Waals surface area (Å²) in [7, 11) is 0. The van der Waals surface area contributed by atoms with Crippen molar-refractivity contribution >= 4 is 5.97 Å². The summed E-state index contributed by atoms with van der Waals surface area (Å²) < 4.78 is 0. The maximum absolute atomic E-state index is 10.2. The number of carboxylic acids is 1. The van der Waals surface area contributed by atoms with Crippen LogP contribution in [0.4, 0.5) is 0 Å². The first-order valence-corrected chi connectivity index (χ1v) is 3.99. The van der Waals surface area contributed by atoms with Gasteiger partial charge in [0, 0.05) is 6.42 Å². The molecule has 0 aromatic carbocycles. The molecule has 64 valence electrons. The molecule has 11 heavy (non-hydrogen) atoms. The zero-order valence-electron chi connectivity index (χ0n) is 7.21. The van der Waals surface area contributed by atoms with Crippen molar-refractivity contribution in [3.63, 3.8) is 0 Å². The quantitative estimate of drug-likeness (QED) is 0.621. The van der Waals surface area contributed by atoms with E-state index in [2.05, 4.69) is 6.08 Å². The Balaban J connectivity index is 3.36. The zero-order valence-corrected chi connectivity index (χ0v) is 7.21. The van der Waals surface area contributed by atoms with Crippen LogP contribution in [0.5, 0.6) is 0 Å². The molecule has 0 spiro atoms. The second-order valence-electron chi connectivity index (χ2n) is 2.85. The fraction of sp³-hybridized carbons (Fsp3) is 0.667. The number of carbonyl (C=O) groups is 1. The summed E-state index contributed by atoms with van der Waals surface area (Å²) in [6.45, 7) is 3.94. The molecule has 0 aliphatic carbocycles. The third kappa shape index (κ3) is 7.10. The number of hydrogen-bond acceptors (Lipinski definition) is 1. The summed E-state index contributed by atoms with van der Waals surface area (Å²) in [5.41, 5.74) is 0. The second-order valence-corrected chi connectivity index (χ2v) is 2.85. The lowest BCUT2D eigenvalue weighted by molar-refractivity contribution is -0.138. The molecule has 0 heterocycles. The van der Waals surface area contributed by atoms with Crippen LogP contribution < -0.4 is 0 Å². The van der Waals surface area contributed by atoms with Crippen molar-refractivity contribution < 1.29 is 9.90 Å². The minimum atomic E-state index is -0.696. The van der Waals surface area contributed by atoms with Crippen LogP contribution in [0.2, 0.25) is 0 Å². The van der Waals surface area contributed by atoms with Gasteiger partial charge < -0.3 is 5.11 Å². The van der Waals surface area contributed by atoms with E-state index in [-0.39, 0.29) is 6.42 Å². The van der Waals surface area contributed by atoms with E-state index in [0.29, 0.717) is 5.92 Å². The highest BCUT2D eigenvalue weighted by Crippen LogP contribution is 2.09. The first-order valence-electron chi connectivity index (χ1n) is 3.99. The van der Waals surface area contributed by atoms with E-state index in [1.54, 1.807) is 0 Å². The number of hydrogen-bond donors (Lipinski definition) is 1. The molecule has 0 aliphatic rings. The fourth-order valence-corrected chi connectivity index (χ4v) is 0.948. The number of carboxylic acid groups (broad SMARTS) is 1. The van der Waals surface area contributed by atoms with Gasteiger partial charge >= 0.3 is 5.97 Å². The average molecular weight is 156 g/mol. The summed E-state index contributed by atoms with van der Waals surface area (Å²) in [5, 5.41) is 8.42. The van der Waals surface area contributed by atoms with Gasteiger partial charge in [-0.2, -0.15) is 0 Å². The van der Waals surface area contributed by atoms with Crippen LogP contribution in [0.3, 0.4) is 0 Å².